The molecule has 0 fully saturated rings. The van der Waals surface area contributed by atoms with E-state index in [4.69, 9.17) is 0 Å². The summed E-state index contributed by atoms with van der Waals surface area (Å²) in [5, 5.41) is 2.60. The molecule has 0 unspecified atom stereocenters. The highest BCUT2D eigenvalue weighted by molar-refractivity contribution is 9.10. The summed E-state index contributed by atoms with van der Waals surface area (Å²) in [6.07, 6.45) is 0. The van der Waals surface area contributed by atoms with Crippen LogP contribution < -0.4 is 0 Å². The quantitative estimate of drug-likeness (QED) is 0.701. The van der Waals surface area contributed by atoms with Gasteiger partial charge in [0.25, 0.3) is 0 Å². The van der Waals surface area contributed by atoms with Gasteiger partial charge in [-0.1, -0.05) is 21.1 Å². The lowest BCUT2D eigenvalue weighted by molar-refractivity contribution is 0.610. The Morgan fingerprint density at radius 2 is 2.27 bits per heavy atom. The Morgan fingerprint density at radius 3 is 2.91 bits per heavy atom. The summed E-state index contributed by atoms with van der Waals surface area (Å²) in [4.78, 5) is 9.81. The van der Waals surface area contributed by atoms with Crippen molar-refractivity contribution in [2.75, 3.05) is 0 Å². The second-order valence-electron chi connectivity index (χ2n) is 2.02. The summed E-state index contributed by atoms with van der Waals surface area (Å²) in [5.41, 5.74) is 0.314. The number of benzene rings is 1. The van der Waals surface area contributed by atoms with Crippen LogP contribution in [0.25, 0.3) is 0 Å². The molecule has 0 saturated carbocycles. The molecule has 0 atom stereocenters. The van der Waals surface area contributed by atoms with Crippen LogP contribution in [0.2, 0.25) is 0 Å². The maximum absolute atomic E-state index is 12.7. The normalized spacial score (nSPS) is 9.64. The molecule has 0 saturated heterocycles. The molecular weight excluding hydrogens is 213 g/mol. The van der Waals surface area contributed by atoms with E-state index < -0.39 is 5.82 Å². The number of hydrogen-bond acceptors (Lipinski definition) is 2. The van der Waals surface area contributed by atoms with E-state index in [1.807, 2.05) is 0 Å². The van der Waals surface area contributed by atoms with Crippen molar-refractivity contribution in [1.29, 1.82) is 0 Å². The molecule has 0 aliphatic heterocycles. The summed E-state index contributed by atoms with van der Waals surface area (Å²) in [6, 6.07) is 4.41. The lowest BCUT2D eigenvalue weighted by atomic mass is 10.2. The van der Waals surface area contributed by atoms with Crippen molar-refractivity contribution >= 4 is 15.9 Å². The minimum Gasteiger partial charge on any atom is -0.207 e. The van der Waals surface area contributed by atoms with Crippen molar-refractivity contribution in [1.82, 2.24) is 0 Å². The molecule has 0 aliphatic carbocycles. The van der Waals surface area contributed by atoms with Gasteiger partial charge in [0.05, 0.1) is 0 Å². The molecule has 0 spiro atoms. The van der Waals surface area contributed by atoms with Crippen LogP contribution in [-0.2, 0) is 6.54 Å². The number of hydrogen-bond donors (Lipinski definition) is 0. The van der Waals surface area contributed by atoms with Crippen LogP contribution in [0.4, 0.5) is 4.39 Å². The Hall–Kier alpha value is -0.770. The van der Waals surface area contributed by atoms with Gasteiger partial charge in [0.1, 0.15) is 12.4 Å². The van der Waals surface area contributed by atoms with Crippen LogP contribution in [-0.4, -0.2) is 0 Å². The first-order valence-electron chi connectivity index (χ1n) is 2.97. The third-order valence-corrected chi connectivity index (χ3v) is 1.74. The largest absolute Gasteiger partial charge is 0.207 e. The monoisotopic (exact) mass is 217 g/mol. The Morgan fingerprint density at radius 1 is 1.55 bits per heavy atom. The molecule has 0 heterocycles. The zero-order valence-electron chi connectivity index (χ0n) is 5.55. The van der Waals surface area contributed by atoms with Gasteiger partial charge in [-0.05, 0) is 18.2 Å². The summed E-state index contributed by atoms with van der Waals surface area (Å²) < 4.78 is 13.5. The molecule has 2 nitrogen and oxygen atoms in total. The average molecular weight is 218 g/mol. The van der Waals surface area contributed by atoms with Crippen molar-refractivity contribution in [3.8, 4) is 0 Å². The van der Waals surface area contributed by atoms with Crippen LogP contribution >= 0.6 is 15.9 Å². The molecule has 1 aromatic carbocycles. The van der Waals surface area contributed by atoms with E-state index in [1.54, 1.807) is 6.07 Å². The highest BCUT2D eigenvalue weighted by Gasteiger charge is 2.01. The third-order valence-electron chi connectivity index (χ3n) is 1.24. The number of halogens is 2. The number of nitrogens with zero attached hydrogens (tertiary/aromatic N) is 1. The molecule has 0 aliphatic rings. The SMILES string of the molecule is O=NCc1cc(Br)ccc1F. The van der Waals surface area contributed by atoms with Crippen molar-refractivity contribution < 1.29 is 4.39 Å². The molecule has 4 heteroatoms. The van der Waals surface area contributed by atoms with Gasteiger partial charge in [0.15, 0.2) is 0 Å². The lowest BCUT2D eigenvalue weighted by Gasteiger charge is -1.96. The summed E-state index contributed by atoms with van der Waals surface area (Å²) in [6.45, 7) is -0.120. The molecule has 1 aromatic rings. The minimum atomic E-state index is -0.396. The molecule has 11 heavy (non-hydrogen) atoms. The third kappa shape index (κ3) is 2.08. The highest BCUT2D eigenvalue weighted by atomic mass is 79.9. The van der Waals surface area contributed by atoms with Gasteiger partial charge in [-0.25, -0.2) is 4.39 Å². The van der Waals surface area contributed by atoms with Crippen molar-refractivity contribution in [2.45, 2.75) is 6.54 Å². The molecule has 0 amide bonds. The van der Waals surface area contributed by atoms with Gasteiger partial charge >= 0.3 is 0 Å². The topological polar surface area (TPSA) is 29.4 Å². The smallest absolute Gasteiger partial charge is 0.128 e. The average Bonchev–Trinajstić information content (AvgIpc) is 1.98. The second-order valence-corrected chi connectivity index (χ2v) is 2.94. The van der Waals surface area contributed by atoms with Crippen molar-refractivity contribution in [3.05, 3.63) is 39.0 Å². The van der Waals surface area contributed by atoms with E-state index in [0.717, 1.165) is 4.47 Å². The predicted octanol–water partition coefficient (Wildman–Crippen LogP) is 2.85. The van der Waals surface area contributed by atoms with Crippen LogP contribution in [0.15, 0.2) is 27.8 Å². The van der Waals surface area contributed by atoms with Crippen molar-refractivity contribution in [2.24, 2.45) is 5.18 Å². The minimum absolute atomic E-state index is 0.120. The van der Waals surface area contributed by atoms with E-state index in [-0.39, 0.29) is 6.54 Å². The fraction of sp³-hybridized carbons (Fsp3) is 0.143. The first-order valence-corrected chi connectivity index (χ1v) is 3.76. The van der Waals surface area contributed by atoms with E-state index in [2.05, 4.69) is 21.1 Å². The zero-order chi connectivity index (χ0) is 8.27. The summed E-state index contributed by atoms with van der Waals surface area (Å²) >= 11 is 3.16. The van der Waals surface area contributed by atoms with Crippen molar-refractivity contribution in [3.63, 3.8) is 0 Å². The lowest BCUT2D eigenvalue weighted by Crippen LogP contribution is -1.86. The van der Waals surface area contributed by atoms with E-state index in [0.29, 0.717) is 5.56 Å². The molecule has 0 N–H and O–H groups in total. The van der Waals surface area contributed by atoms with Crippen LogP contribution in [0, 0.1) is 10.7 Å². The first-order chi connectivity index (χ1) is 5.24. The van der Waals surface area contributed by atoms with E-state index >= 15 is 0 Å². The molecule has 58 valence electrons. The number of nitroso groups, excluding NO2 is 1. The Bertz CT molecular complexity index is 277. The Kier molecular flexibility index (Phi) is 2.70. The van der Waals surface area contributed by atoms with Crippen LogP contribution in [0.3, 0.4) is 0 Å². The molecule has 0 radical (unpaired) electrons. The summed E-state index contributed by atoms with van der Waals surface area (Å²) in [5.74, 6) is -0.396. The molecule has 0 bridgehead atoms. The Labute approximate surface area is 71.5 Å². The number of rotatable bonds is 2. The van der Waals surface area contributed by atoms with Gasteiger partial charge < -0.3 is 0 Å². The standard InChI is InChI=1S/C7H5BrFNO/c8-6-1-2-7(9)5(3-6)4-10-11/h1-3H,4H2. The maximum atomic E-state index is 12.7. The van der Waals surface area contributed by atoms with E-state index in [1.165, 1.54) is 12.1 Å². The Balaban J connectivity index is 3.01. The molecular formula is C7H5BrFNO. The highest BCUT2D eigenvalue weighted by Crippen LogP contribution is 2.15. The summed E-state index contributed by atoms with van der Waals surface area (Å²) in [7, 11) is 0. The maximum Gasteiger partial charge on any atom is 0.128 e. The van der Waals surface area contributed by atoms with Gasteiger partial charge in [-0.15, -0.1) is 0 Å². The van der Waals surface area contributed by atoms with Crippen LogP contribution in [0.5, 0.6) is 0 Å². The molecule has 1 rings (SSSR count). The second kappa shape index (κ2) is 3.57. The van der Waals surface area contributed by atoms with Gasteiger partial charge in [-0.3, -0.25) is 0 Å². The first kappa shape index (κ1) is 8.33. The fourth-order valence-corrected chi connectivity index (χ4v) is 1.14. The predicted molar refractivity (Wildman–Crippen MR) is 43.6 cm³/mol. The van der Waals surface area contributed by atoms with Gasteiger partial charge in [0.2, 0.25) is 0 Å². The fourth-order valence-electron chi connectivity index (χ4n) is 0.734. The zero-order valence-corrected chi connectivity index (χ0v) is 7.14. The molecule has 0 aromatic heterocycles. The van der Waals surface area contributed by atoms with Crippen LogP contribution in [0.1, 0.15) is 5.56 Å². The van der Waals surface area contributed by atoms with E-state index in [9.17, 15) is 9.30 Å². The van der Waals surface area contributed by atoms with Gasteiger partial charge in [-0.2, -0.15) is 4.91 Å². The van der Waals surface area contributed by atoms with Gasteiger partial charge in [0, 0.05) is 10.0 Å².